The van der Waals surface area contributed by atoms with Gasteiger partial charge in [-0.3, -0.25) is 13.9 Å². The third kappa shape index (κ3) is 6.83. The molecule has 3 aromatic carbocycles. The lowest BCUT2D eigenvalue weighted by Crippen LogP contribution is -2.38. The maximum atomic E-state index is 13.0. The molecule has 8 nitrogen and oxygen atoms in total. The summed E-state index contributed by atoms with van der Waals surface area (Å²) in [7, 11) is -3.81. The SMILES string of the molecule is CCOc1ccccc1N(CC(=O)Nc1ccccc1C(=O)N[C@H](C)c1ccccc1)S(C)(=O)=O. The first kappa shape index (κ1) is 25.8. The third-order valence-electron chi connectivity index (χ3n) is 5.21. The van der Waals surface area contributed by atoms with Crippen molar-refractivity contribution in [3.63, 3.8) is 0 Å². The number of anilines is 2. The second-order valence-corrected chi connectivity index (χ2v) is 9.78. The van der Waals surface area contributed by atoms with E-state index in [0.29, 0.717) is 12.4 Å². The summed E-state index contributed by atoms with van der Waals surface area (Å²) in [5, 5.41) is 5.61. The molecule has 0 saturated carbocycles. The van der Waals surface area contributed by atoms with E-state index in [0.717, 1.165) is 16.1 Å². The van der Waals surface area contributed by atoms with Crippen molar-refractivity contribution in [2.75, 3.05) is 29.0 Å². The molecule has 0 aliphatic heterocycles. The first-order valence-corrected chi connectivity index (χ1v) is 13.0. The fourth-order valence-corrected chi connectivity index (χ4v) is 4.39. The molecule has 0 aliphatic rings. The molecule has 3 aromatic rings. The van der Waals surface area contributed by atoms with Crippen LogP contribution in [0.5, 0.6) is 5.75 Å². The molecule has 0 fully saturated rings. The molecule has 0 unspecified atom stereocenters. The van der Waals surface area contributed by atoms with Crippen molar-refractivity contribution < 1.29 is 22.7 Å². The van der Waals surface area contributed by atoms with Gasteiger partial charge in [-0.2, -0.15) is 0 Å². The molecule has 1 atom stereocenters. The number of carbonyl (C=O) groups is 2. The summed E-state index contributed by atoms with van der Waals surface area (Å²) >= 11 is 0. The Balaban J connectivity index is 1.79. The zero-order valence-corrected chi connectivity index (χ0v) is 20.7. The maximum Gasteiger partial charge on any atom is 0.253 e. The second-order valence-electron chi connectivity index (χ2n) is 7.87. The number of hydrogen-bond acceptors (Lipinski definition) is 5. The van der Waals surface area contributed by atoms with E-state index in [4.69, 9.17) is 4.74 Å². The Morgan fingerprint density at radius 3 is 2.26 bits per heavy atom. The van der Waals surface area contributed by atoms with Crippen LogP contribution in [0.25, 0.3) is 0 Å². The van der Waals surface area contributed by atoms with Gasteiger partial charge in [0, 0.05) is 0 Å². The Hall–Kier alpha value is -3.85. The maximum absolute atomic E-state index is 13.0. The summed E-state index contributed by atoms with van der Waals surface area (Å²) in [6.45, 7) is 3.51. The van der Waals surface area contributed by atoms with Gasteiger partial charge in [0.15, 0.2) is 0 Å². The van der Waals surface area contributed by atoms with Crippen LogP contribution >= 0.6 is 0 Å². The summed E-state index contributed by atoms with van der Waals surface area (Å²) in [4.78, 5) is 25.9. The molecule has 35 heavy (non-hydrogen) atoms. The number of benzene rings is 3. The van der Waals surface area contributed by atoms with Gasteiger partial charge in [-0.05, 0) is 43.7 Å². The summed E-state index contributed by atoms with van der Waals surface area (Å²) in [5.74, 6) is -0.611. The van der Waals surface area contributed by atoms with E-state index in [-0.39, 0.29) is 28.9 Å². The highest BCUT2D eigenvalue weighted by atomic mass is 32.2. The molecule has 9 heteroatoms. The smallest absolute Gasteiger partial charge is 0.253 e. The van der Waals surface area contributed by atoms with Gasteiger partial charge in [-0.15, -0.1) is 0 Å². The highest BCUT2D eigenvalue weighted by Crippen LogP contribution is 2.30. The Bertz CT molecular complexity index is 1280. The monoisotopic (exact) mass is 495 g/mol. The molecule has 0 aliphatic carbocycles. The Kier molecular flexibility index (Phi) is 8.48. The minimum absolute atomic E-state index is 0.247. The lowest BCUT2D eigenvalue weighted by molar-refractivity contribution is -0.114. The predicted octanol–water partition coefficient (Wildman–Crippen LogP) is 3.98. The molecule has 2 N–H and O–H groups in total. The van der Waals surface area contributed by atoms with Crippen molar-refractivity contribution in [3.8, 4) is 5.75 Å². The van der Waals surface area contributed by atoms with E-state index < -0.39 is 22.5 Å². The van der Waals surface area contributed by atoms with E-state index in [1.165, 1.54) is 0 Å². The van der Waals surface area contributed by atoms with Crippen LogP contribution in [0.15, 0.2) is 78.9 Å². The van der Waals surface area contributed by atoms with Gasteiger partial charge in [-0.1, -0.05) is 54.6 Å². The second kappa shape index (κ2) is 11.5. The van der Waals surface area contributed by atoms with Gasteiger partial charge in [0.25, 0.3) is 5.91 Å². The molecule has 0 heterocycles. The van der Waals surface area contributed by atoms with Gasteiger partial charge in [-0.25, -0.2) is 8.42 Å². The van der Waals surface area contributed by atoms with E-state index in [1.54, 1.807) is 55.5 Å². The fraction of sp³-hybridized carbons (Fsp3) is 0.231. The van der Waals surface area contributed by atoms with Crippen LogP contribution in [0.3, 0.4) is 0 Å². The highest BCUT2D eigenvalue weighted by Gasteiger charge is 2.25. The molecular formula is C26H29N3O5S. The van der Waals surface area contributed by atoms with Crippen molar-refractivity contribution in [1.82, 2.24) is 5.32 Å². The third-order valence-corrected chi connectivity index (χ3v) is 6.34. The highest BCUT2D eigenvalue weighted by molar-refractivity contribution is 7.92. The Morgan fingerprint density at radius 2 is 1.57 bits per heavy atom. The first-order valence-electron chi connectivity index (χ1n) is 11.1. The van der Waals surface area contributed by atoms with Crippen LogP contribution in [-0.2, 0) is 14.8 Å². The molecule has 184 valence electrons. The zero-order valence-electron chi connectivity index (χ0n) is 19.9. The molecule has 0 spiro atoms. The largest absolute Gasteiger partial charge is 0.492 e. The van der Waals surface area contributed by atoms with E-state index >= 15 is 0 Å². The molecule has 0 aromatic heterocycles. The number of carbonyl (C=O) groups excluding carboxylic acids is 2. The molecule has 2 amide bonds. The minimum atomic E-state index is -3.81. The van der Waals surface area contributed by atoms with Crippen LogP contribution in [0.4, 0.5) is 11.4 Å². The first-order chi connectivity index (χ1) is 16.7. The van der Waals surface area contributed by atoms with Crippen molar-refractivity contribution in [2.45, 2.75) is 19.9 Å². The van der Waals surface area contributed by atoms with Crippen molar-refractivity contribution in [3.05, 3.63) is 90.0 Å². The number of hydrogen-bond donors (Lipinski definition) is 2. The molecule has 0 saturated heterocycles. The summed E-state index contributed by atoms with van der Waals surface area (Å²) in [5.41, 5.74) is 1.75. The van der Waals surface area contributed by atoms with E-state index in [9.17, 15) is 18.0 Å². The average molecular weight is 496 g/mol. The van der Waals surface area contributed by atoms with Gasteiger partial charge < -0.3 is 15.4 Å². The quantitative estimate of drug-likeness (QED) is 0.443. The Morgan fingerprint density at radius 1 is 0.943 bits per heavy atom. The lowest BCUT2D eigenvalue weighted by atomic mass is 10.1. The van der Waals surface area contributed by atoms with Gasteiger partial charge >= 0.3 is 0 Å². The fourth-order valence-electron chi connectivity index (χ4n) is 3.53. The minimum Gasteiger partial charge on any atom is -0.492 e. The number of rotatable bonds is 10. The number of nitrogens with zero attached hydrogens (tertiary/aromatic N) is 1. The van der Waals surface area contributed by atoms with Crippen LogP contribution < -0.4 is 19.7 Å². The molecular weight excluding hydrogens is 466 g/mol. The normalized spacial score (nSPS) is 11.9. The van der Waals surface area contributed by atoms with Crippen molar-refractivity contribution in [1.29, 1.82) is 0 Å². The number of ether oxygens (including phenoxy) is 1. The van der Waals surface area contributed by atoms with Crippen molar-refractivity contribution >= 4 is 33.2 Å². The number of sulfonamides is 1. The molecule has 0 radical (unpaired) electrons. The zero-order chi connectivity index (χ0) is 25.4. The predicted molar refractivity (Wildman–Crippen MR) is 137 cm³/mol. The summed E-state index contributed by atoms with van der Waals surface area (Å²) in [6.07, 6.45) is 1.02. The van der Waals surface area contributed by atoms with Crippen LogP contribution in [0.1, 0.15) is 35.8 Å². The van der Waals surface area contributed by atoms with Crippen molar-refractivity contribution in [2.24, 2.45) is 0 Å². The molecule has 0 bridgehead atoms. The number of para-hydroxylation sites is 3. The van der Waals surface area contributed by atoms with Crippen LogP contribution in [0, 0.1) is 0 Å². The number of nitrogens with one attached hydrogen (secondary N) is 2. The van der Waals surface area contributed by atoms with Gasteiger partial charge in [0.2, 0.25) is 15.9 Å². The average Bonchev–Trinajstić information content (AvgIpc) is 2.83. The summed E-state index contributed by atoms with van der Waals surface area (Å²) in [6, 6.07) is 22.4. The lowest BCUT2D eigenvalue weighted by Gasteiger charge is -2.24. The number of amides is 2. The van der Waals surface area contributed by atoms with Crippen LogP contribution in [-0.4, -0.2) is 39.6 Å². The van der Waals surface area contributed by atoms with Crippen LogP contribution in [0.2, 0.25) is 0 Å². The van der Waals surface area contributed by atoms with E-state index in [1.807, 2.05) is 37.3 Å². The summed E-state index contributed by atoms with van der Waals surface area (Å²) < 4.78 is 31.6. The van der Waals surface area contributed by atoms with Gasteiger partial charge in [0.1, 0.15) is 12.3 Å². The van der Waals surface area contributed by atoms with E-state index in [2.05, 4.69) is 10.6 Å². The topological polar surface area (TPSA) is 105 Å². The van der Waals surface area contributed by atoms with Gasteiger partial charge in [0.05, 0.1) is 35.8 Å². The molecule has 3 rings (SSSR count). The standard InChI is InChI=1S/C26H29N3O5S/c1-4-34-24-17-11-10-16-23(24)29(35(3,32)33)18-25(30)28-22-15-9-8-14-21(22)26(31)27-19(2)20-12-6-5-7-13-20/h5-17,19H,4,18H2,1-3H3,(H,27,31)(H,28,30)/t19-/m1/s1. The Labute approximate surface area is 206 Å².